The highest BCUT2D eigenvalue weighted by atomic mass is 19.4. The smallest absolute Gasteiger partial charge is 0.309 e. The second-order valence-corrected chi connectivity index (χ2v) is 11.7. The molecule has 0 spiro atoms. The number of carbonyl (C=O) groups is 3. The normalized spacial score (nSPS) is 23.5. The first kappa shape index (κ1) is 29.7. The van der Waals surface area contributed by atoms with Crippen LogP contribution >= 0.6 is 0 Å². The summed E-state index contributed by atoms with van der Waals surface area (Å²) in [6.45, 7) is 5.52. The fourth-order valence-corrected chi connectivity index (χ4v) is 6.62. The Kier molecular flexibility index (Phi) is 7.44. The Morgan fingerprint density at radius 2 is 1.66 bits per heavy atom. The number of amides is 2. The number of hydrogen-bond donors (Lipinski definition) is 1. The molecule has 3 aromatic rings. The molecule has 3 heterocycles. The highest BCUT2D eigenvalue weighted by molar-refractivity contribution is 6.18. The van der Waals surface area contributed by atoms with E-state index in [2.05, 4.69) is 5.32 Å². The molecule has 1 N–H and O–H groups in total. The molecule has 0 radical (unpaired) electrons. The zero-order valence-electron chi connectivity index (χ0n) is 24.4. The average Bonchev–Trinajstić information content (AvgIpc) is 3.82. The number of carbonyl (C=O) groups excluding carboxylic acids is 3. The lowest BCUT2D eigenvalue weighted by molar-refractivity contribution is -0.138. The molecule has 2 amide bonds. The summed E-state index contributed by atoms with van der Waals surface area (Å²) in [5.74, 6) is -4.66. The van der Waals surface area contributed by atoms with E-state index in [-0.39, 0.29) is 29.0 Å². The third kappa shape index (κ3) is 5.21. The molecule has 10 heteroatoms. The van der Waals surface area contributed by atoms with E-state index in [0.717, 1.165) is 29.1 Å². The molecule has 44 heavy (non-hydrogen) atoms. The Labute approximate surface area is 252 Å². The van der Waals surface area contributed by atoms with Gasteiger partial charge in [-0.3, -0.25) is 19.3 Å². The number of nitrogens with zero attached hydrogens (tertiary/aromatic N) is 2. The van der Waals surface area contributed by atoms with Crippen LogP contribution in [0.15, 0.2) is 78.0 Å². The first-order chi connectivity index (χ1) is 20.9. The second-order valence-electron chi connectivity index (χ2n) is 11.7. The summed E-state index contributed by atoms with van der Waals surface area (Å²) in [6, 6.07) is 15.7. The number of allylic oxidation sites excluding steroid dienone is 2. The second kappa shape index (κ2) is 11.0. The molecule has 4 unspecified atom stereocenters. The zero-order chi connectivity index (χ0) is 31.5. The number of ketones is 1. The van der Waals surface area contributed by atoms with Gasteiger partial charge in [-0.1, -0.05) is 30.3 Å². The Morgan fingerprint density at radius 1 is 0.977 bits per heavy atom. The lowest BCUT2D eigenvalue weighted by atomic mass is 9.73. The molecule has 0 aliphatic carbocycles. The number of Topliss-reactive ketones (excluding diaryl/α,β-unsaturated/α-hetero) is 1. The standard InChI is InChI=1S/C34H31F4N3O3/c1-18-7-8-23-15-25(35)13-14-28(23)40(18)32(43)31-30(22-11-9-21(10-12-22)27-17-39-27)29(20(3)42)19(2)41(33(31)44)26-6-4-5-24(16-26)34(36,37)38/h4-6,9-16,18,27,30-31,39H,7-8,17H2,1-3H3. The molecule has 4 atom stereocenters. The van der Waals surface area contributed by atoms with Crippen molar-refractivity contribution in [2.45, 2.75) is 57.8 Å². The molecule has 0 aromatic heterocycles. The van der Waals surface area contributed by atoms with E-state index in [0.29, 0.717) is 29.7 Å². The maximum atomic E-state index is 14.7. The lowest BCUT2D eigenvalue weighted by Gasteiger charge is -2.43. The summed E-state index contributed by atoms with van der Waals surface area (Å²) in [6.07, 6.45) is -3.62. The van der Waals surface area contributed by atoms with Crippen LogP contribution < -0.4 is 15.1 Å². The minimum Gasteiger partial charge on any atom is -0.309 e. The van der Waals surface area contributed by atoms with Gasteiger partial charge in [0.2, 0.25) is 11.8 Å². The van der Waals surface area contributed by atoms with Gasteiger partial charge in [0.1, 0.15) is 11.7 Å². The molecule has 3 aliphatic heterocycles. The van der Waals surface area contributed by atoms with Crippen molar-refractivity contribution in [2.24, 2.45) is 5.92 Å². The van der Waals surface area contributed by atoms with E-state index in [1.165, 1.54) is 49.1 Å². The van der Waals surface area contributed by atoms with E-state index >= 15 is 0 Å². The molecular weight excluding hydrogens is 574 g/mol. The van der Waals surface area contributed by atoms with Crippen molar-refractivity contribution >= 4 is 29.0 Å². The number of anilines is 2. The molecule has 0 saturated carbocycles. The Balaban J connectivity index is 1.54. The molecule has 3 aromatic carbocycles. The summed E-state index contributed by atoms with van der Waals surface area (Å²) in [5, 5.41) is 3.23. The van der Waals surface area contributed by atoms with Gasteiger partial charge in [0.15, 0.2) is 5.78 Å². The van der Waals surface area contributed by atoms with Crippen LogP contribution in [0.25, 0.3) is 0 Å². The lowest BCUT2D eigenvalue weighted by Crippen LogP contribution is -2.54. The van der Waals surface area contributed by atoms with E-state index in [1.807, 2.05) is 19.1 Å². The predicted molar refractivity (Wildman–Crippen MR) is 157 cm³/mol. The van der Waals surface area contributed by atoms with Crippen LogP contribution in [-0.4, -0.2) is 30.2 Å². The Bertz CT molecular complexity index is 1690. The van der Waals surface area contributed by atoms with Crippen molar-refractivity contribution in [3.8, 4) is 0 Å². The molecule has 0 bridgehead atoms. The van der Waals surface area contributed by atoms with Gasteiger partial charge < -0.3 is 10.2 Å². The van der Waals surface area contributed by atoms with Crippen molar-refractivity contribution in [1.82, 2.24) is 5.32 Å². The summed E-state index contributed by atoms with van der Waals surface area (Å²) in [7, 11) is 0. The average molecular weight is 606 g/mol. The largest absolute Gasteiger partial charge is 0.416 e. The summed E-state index contributed by atoms with van der Waals surface area (Å²) < 4.78 is 55.3. The highest BCUT2D eigenvalue weighted by Crippen LogP contribution is 2.46. The molecule has 6 nitrogen and oxygen atoms in total. The zero-order valence-corrected chi connectivity index (χ0v) is 24.4. The Hall–Kier alpha value is -4.31. The van der Waals surface area contributed by atoms with Gasteiger partial charge in [-0.15, -0.1) is 0 Å². The first-order valence-corrected chi connectivity index (χ1v) is 14.5. The predicted octanol–water partition coefficient (Wildman–Crippen LogP) is 6.47. The number of alkyl halides is 3. The number of hydrogen-bond acceptors (Lipinski definition) is 4. The number of rotatable bonds is 5. The number of aryl methyl sites for hydroxylation is 1. The van der Waals surface area contributed by atoms with Gasteiger partial charge >= 0.3 is 6.18 Å². The molecule has 3 aliphatic rings. The number of fused-ring (bicyclic) bond motifs is 1. The summed E-state index contributed by atoms with van der Waals surface area (Å²) in [4.78, 5) is 45.2. The van der Waals surface area contributed by atoms with Crippen molar-refractivity contribution in [1.29, 1.82) is 0 Å². The van der Waals surface area contributed by atoms with Crippen LogP contribution in [0.5, 0.6) is 0 Å². The van der Waals surface area contributed by atoms with E-state index in [1.54, 1.807) is 12.1 Å². The van der Waals surface area contributed by atoms with Crippen molar-refractivity contribution < 1.29 is 31.9 Å². The van der Waals surface area contributed by atoms with Crippen molar-refractivity contribution in [2.75, 3.05) is 16.3 Å². The number of halogens is 4. The molecule has 1 fully saturated rings. The molecular formula is C34H31F4N3O3. The number of benzene rings is 3. The van der Waals surface area contributed by atoms with E-state index in [4.69, 9.17) is 0 Å². The third-order valence-electron chi connectivity index (χ3n) is 8.85. The topological polar surface area (TPSA) is 79.6 Å². The van der Waals surface area contributed by atoms with Crippen LogP contribution in [0.1, 0.15) is 61.4 Å². The molecule has 1 saturated heterocycles. The van der Waals surface area contributed by atoms with Crippen LogP contribution in [0.3, 0.4) is 0 Å². The monoisotopic (exact) mass is 605 g/mol. The fraction of sp³-hybridized carbons (Fsp3) is 0.324. The van der Waals surface area contributed by atoms with E-state index < -0.39 is 47.0 Å². The highest BCUT2D eigenvalue weighted by Gasteiger charge is 2.50. The van der Waals surface area contributed by atoms with Gasteiger partial charge in [0.05, 0.1) is 5.56 Å². The van der Waals surface area contributed by atoms with Gasteiger partial charge in [-0.05, 0) is 86.7 Å². The van der Waals surface area contributed by atoms with Crippen LogP contribution in [0, 0.1) is 11.7 Å². The van der Waals surface area contributed by atoms with Gasteiger partial charge in [0.25, 0.3) is 0 Å². The maximum Gasteiger partial charge on any atom is 0.416 e. The third-order valence-corrected chi connectivity index (χ3v) is 8.85. The molecule has 6 rings (SSSR count). The maximum absolute atomic E-state index is 14.7. The van der Waals surface area contributed by atoms with E-state index in [9.17, 15) is 31.9 Å². The SMILES string of the molecule is CC(=O)C1=C(C)N(c2cccc(C(F)(F)F)c2)C(=O)C(C(=O)N2c3ccc(F)cc3CCC2C)C1c1ccc(C2CN2)cc1. The first-order valence-electron chi connectivity index (χ1n) is 14.5. The van der Waals surface area contributed by atoms with Crippen LogP contribution in [0.4, 0.5) is 28.9 Å². The fourth-order valence-electron chi connectivity index (χ4n) is 6.62. The van der Waals surface area contributed by atoms with Gasteiger partial charge in [-0.25, -0.2) is 4.39 Å². The van der Waals surface area contributed by atoms with Gasteiger partial charge in [-0.2, -0.15) is 13.2 Å². The van der Waals surface area contributed by atoms with Gasteiger partial charge in [0, 0.05) is 47.2 Å². The minimum atomic E-state index is -4.67. The summed E-state index contributed by atoms with van der Waals surface area (Å²) >= 11 is 0. The quantitative estimate of drug-likeness (QED) is 0.206. The van der Waals surface area contributed by atoms with Crippen molar-refractivity contribution in [3.05, 3.63) is 106 Å². The van der Waals surface area contributed by atoms with Crippen LogP contribution in [-0.2, 0) is 27.0 Å². The Morgan fingerprint density at radius 3 is 2.30 bits per heavy atom. The summed E-state index contributed by atoms with van der Waals surface area (Å²) in [5.41, 5.74) is 1.95. The number of nitrogens with one attached hydrogen (secondary N) is 1. The van der Waals surface area contributed by atoms with Crippen molar-refractivity contribution in [3.63, 3.8) is 0 Å². The van der Waals surface area contributed by atoms with Crippen LogP contribution in [0.2, 0.25) is 0 Å². The minimum absolute atomic E-state index is 0.0957. The molecule has 228 valence electrons.